The first-order valence-corrected chi connectivity index (χ1v) is 5.33. The third-order valence-electron chi connectivity index (χ3n) is 2.75. The number of ether oxygens (including phenoxy) is 1. The van der Waals surface area contributed by atoms with Gasteiger partial charge in [0.15, 0.2) is 0 Å². The number of methoxy groups -OCH3 is 1. The Morgan fingerprint density at radius 2 is 2.41 bits per heavy atom. The van der Waals surface area contributed by atoms with Crippen LogP contribution >= 0.6 is 0 Å². The van der Waals surface area contributed by atoms with Crippen LogP contribution in [0.25, 0.3) is 11.0 Å². The molecular weight excluding hydrogens is 218 g/mol. The van der Waals surface area contributed by atoms with Gasteiger partial charge in [0.1, 0.15) is 11.2 Å². The van der Waals surface area contributed by atoms with E-state index in [-0.39, 0.29) is 0 Å². The normalized spacial score (nSPS) is 14.5. The number of fused-ring (bicyclic) bond motifs is 1. The van der Waals surface area contributed by atoms with E-state index in [9.17, 15) is 4.79 Å². The number of hydrogen-bond donors (Lipinski definition) is 2. The van der Waals surface area contributed by atoms with Crippen LogP contribution in [0.2, 0.25) is 0 Å². The molecule has 0 bridgehead atoms. The minimum Gasteiger partial charge on any atom is -0.468 e. The van der Waals surface area contributed by atoms with Gasteiger partial charge in [0, 0.05) is 24.2 Å². The van der Waals surface area contributed by atoms with Crippen LogP contribution in [0.15, 0.2) is 24.5 Å². The Balaban J connectivity index is 2.33. The SMILES string of the molecule is COC(=O)C(C)(N)Cc1c[nH]c2ncccc12. The van der Waals surface area contributed by atoms with Gasteiger partial charge in [0.25, 0.3) is 0 Å². The van der Waals surface area contributed by atoms with Crippen molar-refractivity contribution in [1.82, 2.24) is 9.97 Å². The van der Waals surface area contributed by atoms with Gasteiger partial charge >= 0.3 is 5.97 Å². The molecule has 0 aliphatic heterocycles. The summed E-state index contributed by atoms with van der Waals surface area (Å²) >= 11 is 0. The summed E-state index contributed by atoms with van der Waals surface area (Å²) in [6.45, 7) is 1.66. The summed E-state index contributed by atoms with van der Waals surface area (Å²) in [4.78, 5) is 18.8. The lowest BCUT2D eigenvalue weighted by molar-refractivity contribution is -0.146. The van der Waals surface area contributed by atoms with Crippen molar-refractivity contribution in [2.24, 2.45) is 5.73 Å². The maximum Gasteiger partial charge on any atom is 0.325 e. The topological polar surface area (TPSA) is 81.0 Å². The van der Waals surface area contributed by atoms with Crippen molar-refractivity contribution >= 4 is 17.0 Å². The van der Waals surface area contributed by atoms with E-state index in [1.807, 2.05) is 18.3 Å². The zero-order valence-corrected chi connectivity index (χ0v) is 9.86. The van der Waals surface area contributed by atoms with Crippen molar-refractivity contribution in [3.63, 3.8) is 0 Å². The van der Waals surface area contributed by atoms with Crippen LogP contribution in [0, 0.1) is 0 Å². The molecule has 2 rings (SSSR count). The number of nitrogens with two attached hydrogens (primary N) is 1. The minimum atomic E-state index is -1.03. The number of H-pyrrole nitrogens is 1. The second-order valence-corrected chi connectivity index (χ2v) is 4.30. The number of hydrogen-bond acceptors (Lipinski definition) is 4. The standard InChI is InChI=1S/C12H15N3O2/c1-12(13,11(16)17-2)6-8-7-15-10-9(8)4-3-5-14-10/h3-5,7H,6,13H2,1-2H3,(H,14,15). The molecule has 0 aliphatic carbocycles. The van der Waals surface area contributed by atoms with Crippen molar-refractivity contribution < 1.29 is 9.53 Å². The largest absolute Gasteiger partial charge is 0.468 e. The fraction of sp³-hybridized carbons (Fsp3) is 0.333. The molecule has 0 saturated carbocycles. The van der Waals surface area contributed by atoms with Crippen LogP contribution in [-0.2, 0) is 16.0 Å². The number of aromatic amines is 1. The molecule has 2 aromatic rings. The van der Waals surface area contributed by atoms with Crippen molar-refractivity contribution in [2.75, 3.05) is 7.11 Å². The smallest absolute Gasteiger partial charge is 0.325 e. The third kappa shape index (κ3) is 2.14. The monoisotopic (exact) mass is 233 g/mol. The number of aromatic nitrogens is 2. The Bertz CT molecular complexity index is 545. The number of carbonyl (C=O) groups is 1. The van der Waals surface area contributed by atoms with Gasteiger partial charge < -0.3 is 15.5 Å². The Labute approximate surface area is 99.0 Å². The molecular formula is C12H15N3O2. The summed E-state index contributed by atoms with van der Waals surface area (Å²) in [6, 6.07) is 3.80. The number of pyridine rings is 1. The molecule has 1 unspecified atom stereocenters. The predicted octanol–water partition coefficient (Wildman–Crippen LogP) is 0.996. The molecule has 5 nitrogen and oxygen atoms in total. The van der Waals surface area contributed by atoms with E-state index in [1.54, 1.807) is 13.1 Å². The van der Waals surface area contributed by atoms with E-state index < -0.39 is 11.5 Å². The number of nitrogens with one attached hydrogen (secondary N) is 1. The third-order valence-corrected chi connectivity index (χ3v) is 2.75. The number of esters is 1. The Kier molecular flexibility index (Phi) is 2.85. The van der Waals surface area contributed by atoms with Gasteiger partial charge in [-0.05, 0) is 24.6 Å². The minimum absolute atomic E-state index is 0.408. The molecule has 3 N–H and O–H groups in total. The number of carbonyl (C=O) groups excluding carboxylic acids is 1. The average Bonchev–Trinajstić information content (AvgIpc) is 2.71. The van der Waals surface area contributed by atoms with Gasteiger partial charge in [-0.15, -0.1) is 0 Å². The van der Waals surface area contributed by atoms with Gasteiger partial charge in [-0.1, -0.05) is 0 Å². The van der Waals surface area contributed by atoms with Crippen LogP contribution in [0.5, 0.6) is 0 Å². The number of rotatable bonds is 3. The quantitative estimate of drug-likeness (QED) is 0.775. The maximum absolute atomic E-state index is 11.5. The summed E-state index contributed by atoms with van der Waals surface area (Å²) in [7, 11) is 1.34. The lowest BCUT2D eigenvalue weighted by atomic mass is 9.94. The van der Waals surface area contributed by atoms with Crippen LogP contribution in [-0.4, -0.2) is 28.6 Å². The summed E-state index contributed by atoms with van der Waals surface area (Å²) < 4.78 is 4.69. The van der Waals surface area contributed by atoms with Crippen molar-refractivity contribution in [3.8, 4) is 0 Å². The highest BCUT2D eigenvalue weighted by Gasteiger charge is 2.30. The fourth-order valence-corrected chi connectivity index (χ4v) is 1.86. The van der Waals surface area contributed by atoms with Crippen LogP contribution in [0.3, 0.4) is 0 Å². The molecule has 1 atom stereocenters. The lowest BCUT2D eigenvalue weighted by Crippen LogP contribution is -2.47. The van der Waals surface area contributed by atoms with E-state index in [1.165, 1.54) is 7.11 Å². The molecule has 0 saturated heterocycles. The second-order valence-electron chi connectivity index (χ2n) is 4.30. The van der Waals surface area contributed by atoms with Gasteiger partial charge in [-0.2, -0.15) is 0 Å². The molecule has 17 heavy (non-hydrogen) atoms. The van der Waals surface area contributed by atoms with Crippen molar-refractivity contribution in [1.29, 1.82) is 0 Å². The van der Waals surface area contributed by atoms with E-state index >= 15 is 0 Å². The van der Waals surface area contributed by atoms with Crippen LogP contribution in [0.4, 0.5) is 0 Å². The van der Waals surface area contributed by atoms with Gasteiger partial charge in [-0.3, -0.25) is 4.79 Å². The maximum atomic E-state index is 11.5. The number of nitrogens with zero attached hydrogens (tertiary/aromatic N) is 1. The molecule has 0 aliphatic rings. The molecule has 0 radical (unpaired) electrons. The van der Waals surface area contributed by atoms with E-state index in [0.29, 0.717) is 6.42 Å². The molecule has 0 fully saturated rings. The van der Waals surface area contributed by atoms with Gasteiger partial charge in [-0.25, -0.2) is 4.98 Å². The van der Waals surface area contributed by atoms with Crippen LogP contribution in [0.1, 0.15) is 12.5 Å². The average molecular weight is 233 g/mol. The highest BCUT2D eigenvalue weighted by atomic mass is 16.5. The molecule has 0 aromatic carbocycles. The molecule has 2 heterocycles. The van der Waals surface area contributed by atoms with E-state index in [0.717, 1.165) is 16.6 Å². The molecule has 5 heteroatoms. The van der Waals surface area contributed by atoms with Crippen molar-refractivity contribution in [3.05, 3.63) is 30.1 Å². The Morgan fingerprint density at radius 3 is 3.12 bits per heavy atom. The summed E-state index contributed by atoms with van der Waals surface area (Å²) in [5.41, 5.74) is 6.67. The second kappa shape index (κ2) is 4.18. The zero-order valence-electron chi connectivity index (χ0n) is 9.86. The molecule has 0 amide bonds. The lowest BCUT2D eigenvalue weighted by Gasteiger charge is -2.20. The Morgan fingerprint density at radius 1 is 1.65 bits per heavy atom. The highest BCUT2D eigenvalue weighted by molar-refractivity contribution is 5.84. The van der Waals surface area contributed by atoms with Crippen molar-refractivity contribution in [2.45, 2.75) is 18.9 Å². The van der Waals surface area contributed by atoms with Crippen LogP contribution < -0.4 is 5.73 Å². The first-order valence-electron chi connectivity index (χ1n) is 5.33. The summed E-state index contributed by atoms with van der Waals surface area (Å²) in [5.74, 6) is -0.421. The fourth-order valence-electron chi connectivity index (χ4n) is 1.86. The van der Waals surface area contributed by atoms with Gasteiger partial charge in [0.2, 0.25) is 0 Å². The first-order chi connectivity index (χ1) is 8.04. The highest BCUT2D eigenvalue weighted by Crippen LogP contribution is 2.20. The predicted molar refractivity (Wildman–Crippen MR) is 64.4 cm³/mol. The molecule has 2 aromatic heterocycles. The Hall–Kier alpha value is -1.88. The van der Waals surface area contributed by atoms with Gasteiger partial charge in [0.05, 0.1) is 7.11 Å². The summed E-state index contributed by atoms with van der Waals surface area (Å²) in [5, 5.41) is 0.980. The first kappa shape index (κ1) is 11.6. The van der Waals surface area contributed by atoms with E-state index in [2.05, 4.69) is 14.7 Å². The molecule has 0 spiro atoms. The molecule has 90 valence electrons. The van der Waals surface area contributed by atoms with E-state index in [4.69, 9.17) is 5.73 Å². The zero-order chi connectivity index (χ0) is 12.5. The summed E-state index contributed by atoms with van der Waals surface area (Å²) in [6.07, 6.45) is 3.95.